The van der Waals surface area contributed by atoms with Crippen LogP contribution in [0.5, 0.6) is 0 Å². The second-order valence-electron chi connectivity index (χ2n) is 5.75. The van der Waals surface area contributed by atoms with E-state index in [1.807, 2.05) is 32.0 Å². The maximum Gasteiger partial charge on any atom is 0.243 e. The highest BCUT2D eigenvalue weighted by Crippen LogP contribution is 2.14. The molecule has 0 aliphatic heterocycles. The number of hydrogen-bond acceptors (Lipinski definition) is 5. The largest absolute Gasteiger partial charge is 0.349 e. The van der Waals surface area contributed by atoms with Gasteiger partial charge < -0.3 is 10.2 Å². The van der Waals surface area contributed by atoms with Crippen molar-refractivity contribution in [3.05, 3.63) is 46.5 Å². The summed E-state index contributed by atoms with van der Waals surface area (Å²) in [6.45, 7) is 5.21. The molecule has 1 heterocycles. The molecular weight excluding hydrogens is 293 g/mol. The Kier molecular flexibility index (Phi) is 5.98. The summed E-state index contributed by atoms with van der Waals surface area (Å²) in [7, 11) is 3.84. The number of rotatable bonds is 7. The van der Waals surface area contributed by atoms with E-state index >= 15 is 0 Å². The minimum atomic E-state index is -0.180. The molecule has 124 valence electrons. The molecule has 0 saturated carbocycles. The van der Waals surface area contributed by atoms with Gasteiger partial charge in [0.25, 0.3) is 0 Å². The number of hydrogen-bond donors (Lipinski definition) is 1. The second-order valence-corrected chi connectivity index (χ2v) is 5.75. The van der Waals surface area contributed by atoms with Crippen molar-refractivity contribution in [2.24, 2.45) is 0 Å². The maximum absolute atomic E-state index is 13.8. The summed E-state index contributed by atoms with van der Waals surface area (Å²) in [5.41, 5.74) is 3.58. The molecule has 0 aliphatic rings. The minimum Gasteiger partial charge on any atom is -0.349 e. The lowest BCUT2D eigenvalue weighted by Crippen LogP contribution is -2.13. The molecule has 0 spiro atoms. The van der Waals surface area contributed by atoms with E-state index in [1.165, 1.54) is 6.07 Å². The van der Waals surface area contributed by atoms with Crippen LogP contribution in [0.25, 0.3) is 0 Å². The smallest absolute Gasteiger partial charge is 0.243 e. The van der Waals surface area contributed by atoms with E-state index in [-0.39, 0.29) is 5.82 Å². The Labute approximate surface area is 137 Å². The number of anilines is 1. The summed E-state index contributed by atoms with van der Waals surface area (Å²) in [5.74, 6) is 0.332. The molecule has 6 heteroatoms. The summed E-state index contributed by atoms with van der Waals surface area (Å²) in [4.78, 5) is 6.44. The molecule has 0 bridgehead atoms. The molecule has 2 rings (SSSR count). The first-order valence-electron chi connectivity index (χ1n) is 7.91. The van der Waals surface area contributed by atoms with Gasteiger partial charge in [0, 0.05) is 18.7 Å². The van der Waals surface area contributed by atoms with Crippen molar-refractivity contribution in [3.8, 4) is 0 Å². The quantitative estimate of drug-likeness (QED) is 0.851. The van der Waals surface area contributed by atoms with Crippen LogP contribution in [0.15, 0.2) is 18.2 Å². The van der Waals surface area contributed by atoms with Gasteiger partial charge in [0.15, 0.2) is 0 Å². The Bertz CT molecular complexity index is 657. The van der Waals surface area contributed by atoms with Crippen LogP contribution in [0.3, 0.4) is 0 Å². The van der Waals surface area contributed by atoms with E-state index in [1.54, 1.807) is 6.07 Å². The molecule has 0 fully saturated rings. The summed E-state index contributed by atoms with van der Waals surface area (Å²) < 4.78 is 13.8. The highest BCUT2D eigenvalue weighted by atomic mass is 19.1. The molecule has 2 aromatic rings. The lowest BCUT2D eigenvalue weighted by atomic mass is 10.1. The molecule has 0 aliphatic carbocycles. The van der Waals surface area contributed by atoms with Crippen LogP contribution in [-0.2, 0) is 25.9 Å². The first-order chi connectivity index (χ1) is 11.0. The van der Waals surface area contributed by atoms with Crippen LogP contribution in [0.2, 0.25) is 0 Å². The first kappa shape index (κ1) is 17.3. The third-order valence-corrected chi connectivity index (χ3v) is 3.56. The molecule has 1 N–H and O–H groups in total. The first-order valence-corrected chi connectivity index (χ1v) is 7.91. The van der Waals surface area contributed by atoms with Crippen LogP contribution >= 0.6 is 0 Å². The predicted octanol–water partition coefficient (Wildman–Crippen LogP) is 2.81. The van der Waals surface area contributed by atoms with Gasteiger partial charge in [-0.1, -0.05) is 19.9 Å². The van der Waals surface area contributed by atoms with E-state index < -0.39 is 0 Å². The number of aromatic nitrogens is 3. The van der Waals surface area contributed by atoms with Crippen LogP contribution in [0, 0.1) is 5.82 Å². The van der Waals surface area contributed by atoms with Gasteiger partial charge in [-0.05, 0) is 44.6 Å². The molecule has 0 unspecified atom stereocenters. The minimum absolute atomic E-state index is 0.180. The Morgan fingerprint density at radius 3 is 2.48 bits per heavy atom. The van der Waals surface area contributed by atoms with Crippen molar-refractivity contribution >= 4 is 5.95 Å². The second kappa shape index (κ2) is 7.97. The van der Waals surface area contributed by atoms with Crippen molar-refractivity contribution in [1.82, 2.24) is 20.1 Å². The molecule has 1 aromatic heterocycles. The number of benzene rings is 1. The summed E-state index contributed by atoms with van der Waals surface area (Å²) in [6.07, 6.45) is 1.66. The summed E-state index contributed by atoms with van der Waals surface area (Å²) >= 11 is 0. The molecule has 5 nitrogen and oxygen atoms in total. The topological polar surface area (TPSA) is 53.9 Å². The van der Waals surface area contributed by atoms with Gasteiger partial charge in [-0.25, -0.2) is 9.37 Å². The Balaban J connectivity index is 2.08. The summed E-state index contributed by atoms with van der Waals surface area (Å²) in [6, 6.07) is 5.15. The van der Waals surface area contributed by atoms with E-state index in [0.717, 1.165) is 29.8 Å². The molecular formula is C17H24FN5. The number of nitrogens with one attached hydrogen (secondary N) is 1. The fourth-order valence-electron chi connectivity index (χ4n) is 2.39. The molecule has 1 aromatic carbocycles. The monoisotopic (exact) mass is 317 g/mol. The molecule has 0 atom stereocenters. The van der Waals surface area contributed by atoms with Crippen molar-refractivity contribution in [2.45, 2.75) is 39.8 Å². The van der Waals surface area contributed by atoms with Gasteiger partial charge >= 0.3 is 0 Å². The third kappa shape index (κ3) is 4.69. The molecule has 0 saturated heterocycles. The zero-order valence-electron chi connectivity index (χ0n) is 14.2. The van der Waals surface area contributed by atoms with Gasteiger partial charge in [0.05, 0.1) is 11.4 Å². The zero-order valence-corrected chi connectivity index (χ0v) is 14.2. The van der Waals surface area contributed by atoms with Crippen molar-refractivity contribution in [3.63, 3.8) is 0 Å². The van der Waals surface area contributed by atoms with Crippen molar-refractivity contribution in [1.29, 1.82) is 0 Å². The number of nitrogens with zero attached hydrogens (tertiary/aromatic N) is 4. The van der Waals surface area contributed by atoms with Gasteiger partial charge in [-0.15, -0.1) is 5.10 Å². The Morgan fingerprint density at radius 2 is 1.83 bits per heavy atom. The van der Waals surface area contributed by atoms with Gasteiger partial charge in [0.2, 0.25) is 5.95 Å². The standard InChI is InChI=1S/C17H24FN5/c1-5-15-16(6-2)21-22-17(20-15)19-10-12-7-8-14(18)13(9-12)11-23(3)4/h7-9H,5-6,10-11H2,1-4H3,(H,19,20,22). The van der Waals surface area contributed by atoms with E-state index in [0.29, 0.717) is 24.6 Å². The Morgan fingerprint density at radius 1 is 1.09 bits per heavy atom. The molecule has 0 amide bonds. The predicted molar refractivity (Wildman–Crippen MR) is 89.7 cm³/mol. The lowest BCUT2D eigenvalue weighted by Gasteiger charge is -2.12. The van der Waals surface area contributed by atoms with Crippen LogP contribution in [0.4, 0.5) is 10.3 Å². The highest BCUT2D eigenvalue weighted by molar-refractivity contribution is 5.31. The van der Waals surface area contributed by atoms with Crippen LogP contribution in [0.1, 0.15) is 36.4 Å². The SMILES string of the molecule is CCc1nnc(NCc2ccc(F)c(CN(C)C)c2)nc1CC. The van der Waals surface area contributed by atoms with Crippen molar-refractivity contribution in [2.75, 3.05) is 19.4 Å². The Hall–Kier alpha value is -2.08. The van der Waals surface area contributed by atoms with Gasteiger partial charge in [-0.2, -0.15) is 5.10 Å². The molecule has 23 heavy (non-hydrogen) atoms. The fourth-order valence-corrected chi connectivity index (χ4v) is 2.39. The normalized spacial score (nSPS) is 11.0. The maximum atomic E-state index is 13.8. The van der Waals surface area contributed by atoms with E-state index in [2.05, 4.69) is 27.4 Å². The van der Waals surface area contributed by atoms with Crippen molar-refractivity contribution < 1.29 is 4.39 Å². The fraction of sp³-hybridized carbons (Fsp3) is 0.471. The lowest BCUT2D eigenvalue weighted by molar-refractivity contribution is 0.392. The number of halogens is 1. The molecule has 0 radical (unpaired) electrons. The average molecular weight is 317 g/mol. The van der Waals surface area contributed by atoms with Gasteiger partial charge in [0.1, 0.15) is 5.82 Å². The average Bonchev–Trinajstić information content (AvgIpc) is 2.54. The van der Waals surface area contributed by atoms with Crippen LogP contribution < -0.4 is 5.32 Å². The highest BCUT2D eigenvalue weighted by Gasteiger charge is 2.08. The van der Waals surface area contributed by atoms with Crippen LogP contribution in [-0.4, -0.2) is 34.2 Å². The van der Waals surface area contributed by atoms with E-state index in [9.17, 15) is 4.39 Å². The third-order valence-electron chi connectivity index (χ3n) is 3.56. The summed E-state index contributed by atoms with van der Waals surface area (Å²) in [5, 5.41) is 11.5. The zero-order chi connectivity index (χ0) is 16.8. The van der Waals surface area contributed by atoms with Gasteiger partial charge in [-0.3, -0.25) is 0 Å². The number of aryl methyl sites for hydroxylation is 2. The van der Waals surface area contributed by atoms with E-state index in [4.69, 9.17) is 0 Å².